The van der Waals surface area contributed by atoms with Gasteiger partial charge in [0.1, 0.15) is 0 Å². The second-order valence-corrected chi connectivity index (χ2v) is 7.78. The number of piperidine rings is 1. The molecule has 8 heteroatoms. The summed E-state index contributed by atoms with van der Waals surface area (Å²) in [4.78, 5) is 21.2. The highest BCUT2D eigenvalue weighted by atomic mass is 16.5. The Bertz CT molecular complexity index is 738. The van der Waals surface area contributed by atoms with Crippen LogP contribution in [0, 0.1) is 0 Å². The van der Waals surface area contributed by atoms with Crippen molar-refractivity contribution in [2.45, 2.75) is 44.7 Å². The summed E-state index contributed by atoms with van der Waals surface area (Å²) in [5, 5.41) is 7.55. The molecule has 0 saturated carbocycles. The first-order valence-electron chi connectivity index (χ1n) is 10.4. The van der Waals surface area contributed by atoms with E-state index < -0.39 is 0 Å². The van der Waals surface area contributed by atoms with Gasteiger partial charge in [0.05, 0.1) is 25.7 Å². The number of nitrogens with one attached hydrogen (secondary N) is 1. The van der Waals surface area contributed by atoms with Crippen molar-refractivity contribution in [3.63, 3.8) is 0 Å². The normalized spacial score (nSPS) is 21.1. The number of amides is 1. The SMILES string of the molecule is O=C(CCCn1ccnc1)N1CCCC(c2[nH]ncc2CN2CCOCC2)C1. The Balaban J connectivity index is 1.31. The largest absolute Gasteiger partial charge is 0.379 e. The number of aromatic nitrogens is 4. The van der Waals surface area contributed by atoms with Crippen molar-refractivity contribution in [2.24, 2.45) is 0 Å². The third-order valence-corrected chi connectivity index (χ3v) is 5.80. The van der Waals surface area contributed by atoms with Crippen LogP contribution in [0.25, 0.3) is 0 Å². The van der Waals surface area contributed by atoms with Crippen LogP contribution in [-0.2, 0) is 22.6 Å². The second kappa shape index (κ2) is 9.34. The minimum atomic E-state index is 0.263. The van der Waals surface area contributed by atoms with Crippen molar-refractivity contribution in [3.8, 4) is 0 Å². The van der Waals surface area contributed by atoms with Gasteiger partial charge in [-0.05, 0) is 19.3 Å². The second-order valence-electron chi connectivity index (χ2n) is 7.78. The summed E-state index contributed by atoms with van der Waals surface area (Å²) >= 11 is 0. The molecule has 4 rings (SSSR count). The molecule has 2 aliphatic heterocycles. The maximum Gasteiger partial charge on any atom is 0.222 e. The lowest BCUT2D eigenvalue weighted by molar-refractivity contribution is -0.132. The van der Waals surface area contributed by atoms with Gasteiger partial charge in [-0.25, -0.2) is 4.98 Å². The lowest BCUT2D eigenvalue weighted by Crippen LogP contribution is -2.40. The quantitative estimate of drug-likeness (QED) is 0.782. The average Bonchev–Trinajstić information content (AvgIpc) is 3.41. The van der Waals surface area contributed by atoms with Gasteiger partial charge in [0.2, 0.25) is 5.91 Å². The van der Waals surface area contributed by atoms with Crippen molar-refractivity contribution in [3.05, 3.63) is 36.2 Å². The first-order chi connectivity index (χ1) is 13.8. The zero-order chi connectivity index (χ0) is 19.2. The summed E-state index contributed by atoms with van der Waals surface area (Å²) < 4.78 is 7.47. The van der Waals surface area contributed by atoms with Gasteiger partial charge in [-0.3, -0.25) is 14.8 Å². The van der Waals surface area contributed by atoms with Gasteiger partial charge in [0.25, 0.3) is 0 Å². The lowest BCUT2D eigenvalue weighted by atomic mass is 9.92. The summed E-state index contributed by atoms with van der Waals surface area (Å²) in [5.74, 6) is 0.615. The van der Waals surface area contributed by atoms with Gasteiger partial charge in [0, 0.05) is 75.3 Å². The highest BCUT2D eigenvalue weighted by Gasteiger charge is 2.27. The molecule has 2 aromatic rings. The van der Waals surface area contributed by atoms with E-state index in [-0.39, 0.29) is 5.91 Å². The molecule has 4 heterocycles. The minimum Gasteiger partial charge on any atom is -0.379 e. The Morgan fingerprint density at radius 2 is 2.18 bits per heavy atom. The molecule has 2 saturated heterocycles. The first-order valence-corrected chi connectivity index (χ1v) is 10.4. The molecule has 2 aliphatic rings. The van der Waals surface area contributed by atoms with Gasteiger partial charge < -0.3 is 14.2 Å². The molecular formula is C20H30N6O2. The molecule has 0 radical (unpaired) electrons. The number of hydrogen-bond acceptors (Lipinski definition) is 5. The number of carbonyl (C=O) groups excluding carboxylic acids is 1. The van der Waals surface area contributed by atoms with E-state index in [2.05, 4.69) is 20.1 Å². The third kappa shape index (κ3) is 4.80. The average molecular weight is 387 g/mol. The molecule has 1 unspecified atom stereocenters. The first kappa shape index (κ1) is 19.1. The van der Waals surface area contributed by atoms with E-state index >= 15 is 0 Å². The molecule has 0 aromatic carbocycles. The van der Waals surface area contributed by atoms with Gasteiger partial charge in [-0.2, -0.15) is 5.10 Å². The van der Waals surface area contributed by atoms with E-state index in [0.29, 0.717) is 12.3 Å². The highest BCUT2D eigenvalue weighted by Crippen LogP contribution is 2.29. The molecule has 0 bridgehead atoms. The maximum atomic E-state index is 12.7. The molecule has 152 valence electrons. The molecular weight excluding hydrogens is 356 g/mol. The fourth-order valence-electron chi connectivity index (χ4n) is 4.23. The minimum absolute atomic E-state index is 0.263. The Morgan fingerprint density at radius 1 is 1.29 bits per heavy atom. The van der Waals surface area contributed by atoms with Gasteiger partial charge >= 0.3 is 0 Å². The van der Waals surface area contributed by atoms with Crippen LogP contribution in [0.5, 0.6) is 0 Å². The zero-order valence-corrected chi connectivity index (χ0v) is 16.4. The molecule has 28 heavy (non-hydrogen) atoms. The molecule has 1 atom stereocenters. The Labute approximate surface area is 165 Å². The fourth-order valence-corrected chi connectivity index (χ4v) is 4.23. The van der Waals surface area contributed by atoms with Crippen LogP contribution in [0.3, 0.4) is 0 Å². The van der Waals surface area contributed by atoms with E-state index in [0.717, 1.165) is 71.7 Å². The molecule has 2 aromatic heterocycles. The van der Waals surface area contributed by atoms with Crippen molar-refractivity contribution in [2.75, 3.05) is 39.4 Å². The summed E-state index contributed by atoms with van der Waals surface area (Å²) in [6, 6.07) is 0. The van der Waals surface area contributed by atoms with Gasteiger partial charge in [-0.15, -0.1) is 0 Å². The van der Waals surface area contributed by atoms with Crippen LogP contribution < -0.4 is 0 Å². The molecule has 8 nitrogen and oxygen atoms in total. The Hall–Kier alpha value is -2.19. The van der Waals surface area contributed by atoms with Crippen molar-refractivity contribution < 1.29 is 9.53 Å². The zero-order valence-electron chi connectivity index (χ0n) is 16.4. The molecule has 1 amide bonds. The van der Waals surface area contributed by atoms with E-state index in [9.17, 15) is 4.79 Å². The van der Waals surface area contributed by atoms with E-state index in [1.807, 2.05) is 21.9 Å². The number of H-pyrrole nitrogens is 1. The van der Waals surface area contributed by atoms with Gasteiger partial charge in [0.15, 0.2) is 0 Å². The van der Waals surface area contributed by atoms with Crippen molar-refractivity contribution in [1.82, 2.24) is 29.5 Å². The number of morpholine rings is 1. The van der Waals surface area contributed by atoms with Crippen LogP contribution in [0.15, 0.2) is 24.9 Å². The highest BCUT2D eigenvalue weighted by molar-refractivity contribution is 5.76. The fraction of sp³-hybridized carbons (Fsp3) is 0.650. The number of ether oxygens (including phenoxy) is 1. The number of nitrogens with zero attached hydrogens (tertiary/aromatic N) is 5. The van der Waals surface area contributed by atoms with Crippen LogP contribution in [0.2, 0.25) is 0 Å². The van der Waals surface area contributed by atoms with Crippen LogP contribution in [0.1, 0.15) is 42.9 Å². The summed E-state index contributed by atoms with van der Waals surface area (Å²) in [5.41, 5.74) is 2.48. The monoisotopic (exact) mass is 386 g/mol. The predicted octanol–water partition coefficient (Wildman–Crippen LogP) is 1.62. The Morgan fingerprint density at radius 3 is 3.00 bits per heavy atom. The standard InChI is InChI=1S/C20H30N6O2/c27-19(4-2-6-25-8-5-21-16-25)26-7-1-3-17(15-26)20-18(13-22-23-20)14-24-9-11-28-12-10-24/h5,8,13,16-17H,1-4,6-7,9-12,14-15H2,(H,22,23). The van der Waals surface area contributed by atoms with Crippen LogP contribution in [-0.4, -0.2) is 74.8 Å². The maximum absolute atomic E-state index is 12.7. The topological polar surface area (TPSA) is 79.3 Å². The predicted molar refractivity (Wildman–Crippen MR) is 105 cm³/mol. The van der Waals surface area contributed by atoms with E-state index in [1.165, 1.54) is 11.3 Å². The number of carbonyl (C=O) groups is 1. The Kier molecular flexibility index (Phi) is 6.38. The van der Waals surface area contributed by atoms with Crippen molar-refractivity contribution >= 4 is 5.91 Å². The molecule has 1 N–H and O–H groups in total. The lowest BCUT2D eigenvalue weighted by Gasteiger charge is -2.33. The summed E-state index contributed by atoms with van der Waals surface area (Å²) in [7, 11) is 0. The third-order valence-electron chi connectivity index (χ3n) is 5.80. The number of imidazole rings is 1. The number of aryl methyl sites for hydroxylation is 1. The van der Waals surface area contributed by atoms with Crippen LogP contribution >= 0.6 is 0 Å². The summed E-state index contributed by atoms with van der Waals surface area (Å²) in [6.07, 6.45) is 11.1. The number of rotatable bonds is 7. The number of aromatic amines is 1. The van der Waals surface area contributed by atoms with E-state index in [1.54, 1.807) is 12.5 Å². The molecule has 2 fully saturated rings. The van der Waals surface area contributed by atoms with E-state index in [4.69, 9.17) is 4.74 Å². The summed E-state index contributed by atoms with van der Waals surface area (Å²) in [6.45, 7) is 6.96. The van der Waals surface area contributed by atoms with Gasteiger partial charge in [-0.1, -0.05) is 0 Å². The number of hydrogen-bond donors (Lipinski definition) is 1. The molecule has 0 aliphatic carbocycles. The number of likely N-dealkylation sites (tertiary alicyclic amines) is 1. The van der Waals surface area contributed by atoms with Crippen molar-refractivity contribution in [1.29, 1.82) is 0 Å². The smallest absolute Gasteiger partial charge is 0.222 e. The molecule has 0 spiro atoms. The van der Waals surface area contributed by atoms with Crippen LogP contribution in [0.4, 0.5) is 0 Å².